The summed E-state index contributed by atoms with van der Waals surface area (Å²) in [7, 11) is 0. The summed E-state index contributed by atoms with van der Waals surface area (Å²) in [5.41, 5.74) is 2.63. The Morgan fingerprint density at radius 2 is 1.29 bits per heavy atom. The van der Waals surface area contributed by atoms with Crippen molar-refractivity contribution in [3.63, 3.8) is 0 Å². The zero-order valence-corrected chi connectivity index (χ0v) is 18.2. The minimum Gasteiger partial charge on any atom is -0.336 e. The third-order valence-corrected chi connectivity index (χ3v) is 6.11. The molecule has 0 atom stereocenters. The predicted octanol–water partition coefficient (Wildman–Crippen LogP) is 4.59. The molecule has 1 aliphatic heterocycles. The second kappa shape index (κ2) is 9.23. The van der Waals surface area contributed by atoms with Gasteiger partial charge in [0.1, 0.15) is 23.0 Å². The number of benzene rings is 3. The highest BCUT2D eigenvalue weighted by Gasteiger charge is 2.29. The molecule has 1 fully saturated rings. The quantitative estimate of drug-likeness (QED) is 0.445. The largest absolute Gasteiger partial charge is 0.336 e. The molecule has 0 unspecified atom stereocenters. The van der Waals surface area contributed by atoms with Gasteiger partial charge in [0.05, 0.1) is 17.1 Å². The van der Waals surface area contributed by atoms with Crippen LogP contribution in [-0.4, -0.2) is 51.9 Å². The van der Waals surface area contributed by atoms with Gasteiger partial charge in [-0.05, 0) is 41.5 Å². The number of aromatic nitrogens is 2. The van der Waals surface area contributed by atoms with Gasteiger partial charge in [-0.15, -0.1) is 0 Å². The number of halogens is 3. The van der Waals surface area contributed by atoms with Crippen LogP contribution >= 0.6 is 0 Å². The first-order valence-electron chi connectivity index (χ1n) is 10.9. The molecule has 0 radical (unpaired) electrons. The number of hydrogen-bond donors (Lipinski definition) is 0. The van der Waals surface area contributed by atoms with Gasteiger partial charge in [-0.1, -0.05) is 24.3 Å². The van der Waals surface area contributed by atoms with Crippen LogP contribution in [0.15, 0.2) is 73.1 Å². The maximum absolute atomic E-state index is 14.1. The number of rotatable bonds is 4. The first-order chi connectivity index (χ1) is 16.5. The Morgan fingerprint density at radius 1 is 0.735 bits per heavy atom. The van der Waals surface area contributed by atoms with Crippen molar-refractivity contribution in [1.29, 1.82) is 0 Å². The minimum atomic E-state index is -0.539. The first kappa shape index (κ1) is 22.0. The van der Waals surface area contributed by atoms with E-state index in [9.17, 15) is 18.0 Å². The number of nitrogens with zero attached hydrogens (tertiary/aromatic N) is 4. The van der Waals surface area contributed by atoms with Crippen LogP contribution in [0.5, 0.6) is 0 Å². The van der Waals surface area contributed by atoms with E-state index in [2.05, 4.69) is 14.9 Å². The van der Waals surface area contributed by atoms with Gasteiger partial charge < -0.3 is 4.90 Å². The molecule has 8 heteroatoms. The molecule has 0 saturated carbocycles. The van der Waals surface area contributed by atoms with Gasteiger partial charge in [-0.25, -0.2) is 13.2 Å². The van der Waals surface area contributed by atoms with Gasteiger partial charge in [0.25, 0.3) is 5.91 Å². The van der Waals surface area contributed by atoms with E-state index in [1.165, 1.54) is 48.8 Å². The lowest BCUT2D eigenvalue weighted by Gasteiger charge is -2.40. The van der Waals surface area contributed by atoms with Crippen LogP contribution in [0.1, 0.15) is 27.5 Å². The standard InChI is InChI=1S/C26H21F3N4O/c27-19-5-1-17(2-6-19)25(18-3-7-20(28)8-4-18)32-11-13-33(14-12-32)26(34)22-15-21(29)16-23-24(22)31-10-9-30-23/h1-10,15-16,25H,11-14H2. The summed E-state index contributed by atoms with van der Waals surface area (Å²) in [5, 5.41) is 0. The summed E-state index contributed by atoms with van der Waals surface area (Å²) in [4.78, 5) is 25.4. The van der Waals surface area contributed by atoms with E-state index in [-0.39, 0.29) is 29.1 Å². The molecule has 1 saturated heterocycles. The van der Waals surface area contributed by atoms with Gasteiger partial charge in [-0.2, -0.15) is 0 Å². The van der Waals surface area contributed by atoms with Gasteiger partial charge in [0.2, 0.25) is 0 Å². The highest BCUT2D eigenvalue weighted by atomic mass is 19.1. The molecule has 5 rings (SSSR count). The topological polar surface area (TPSA) is 49.3 Å². The molecule has 1 aromatic heterocycles. The fraction of sp³-hybridized carbons (Fsp3) is 0.192. The molecule has 5 nitrogen and oxygen atoms in total. The van der Waals surface area contributed by atoms with Crippen molar-refractivity contribution in [3.05, 3.63) is 107 Å². The van der Waals surface area contributed by atoms with Crippen molar-refractivity contribution >= 4 is 16.9 Å². The first-order valence-corrected chi connectivity index (χ1v) is 10.9. The molecule has 1 aliphatic rings. The molecule has 0 bridgehead atoms. The van der Waals surface area contributed by atoms with E-state index in [1.807, 2.05) is 0 Å². The summed E-state index contributed by atoms with van der Waals surface area (Å²) in [6, 6.07) is 14.7. The van der Waals surface area contributed by atoms with E-state index in [4.69, 9.17) is 0 Å². The Morgan fingerprint density at radius 3 is 1.88 bits per heavy atom. The van der Waals surface area contributed by atoms with Gasteiger partial charge in [0.15, 0.2) is 0 Å². The normalized spacial score (nSPS) is 14.6. The van der Waals surface area contributed by atoms with Gasteiger partial charge in [0, 0.05) is 44.6 Å². The van der Waals surface area contributed by atoms with Crippen LogP contribution in [0.2, 0.25) is 0 Å². The van der Waals surface area contributed by atoms with Crippen LogP contribution in [0.25, 0.3) is 11.0 Å². The summed E-state index contributed by atoms with van der Waals surface area (Å²) >= 11 is 0. The average Bonchev–Trinajstić information content (AvgIpc) is 2.86. The van der Waals surface area contributed by atoms with Gasteiger partial charge in [-0.3, -0.25) is 19.7 Å². The van der Waals surface area contributed by atoms with Crippen molar-refractivity contribution in [2.45, 2.75) is 6.04 Å². The highest BCUT2D eigenvalue weighted by Crippen LogP contribution is 2.30. The molecule has 2 heterocycles. The smallest absolute Gasteiger partial charge is 0.256 e. The van der Waals surface area contributed by atoms with Crippen molar-refractivity contribution in [2.75, 3.05) is 26.2 Å². The molecule has 3 aromatic carbocycles. The van der Waals surface area contributed by atoms with Crippen molar-refractivity contribution in [3.8, 4) is 0 Å². The fourth-order valence-electron chi connectivity index (χ4n) is 4.46. The molecular formula is C26H21F3N4O. The van der Waals surface area contributed by atoms with Crippen molar-refractivity contribution in [1.82, 2.24) is 19.8 Å². The highest BCUT2D eigenvalue weighted by molar-refractivity contribution is 6.04. The molecule has 0 spiro atoms. The van der Waals surface area contributed by atoms with E-state index in [1.54, 1.807) is 29.2 Å². The predicted molar refractivity (Wildman–Crippen MR) is 122 cm³/mol. The lowest BCUT2D eigenvalue weighted by Crippen LogP contribution is -2.50. The number of amides is 1. The Hall–Kier alpha value is -3.78. The molecule has 0 N–H and O–H groups in total. The fourth-order valence-corrected chi connectivity index (χ4v) is 4.46. The zero-order chi connectivity index (χ0) is 23.7. The third kappa shape index (κ3) is 4.36. The number of hydrogen-bond acceptors (Lipinski definition) is 4. The summed E-state index contributed by atoms with van der Waals surface area (Å²) in [6.07, 6.45) is 2.94. The molecule has 0 aliphatic carbocycles. The maximum Gasteiger partial charge on any atom is 0.256 e. The summed E-state index contributed by atoms with van der Waals surface area (Å²) in [5.74, 6) is -1.50. The molecular weight excluding hydrogens is 441 g/mol. The molecule has 1 amide bonds. The Kier molecular flexibility index (Phi) is 5.98. The second-order valence-electron chi connectivity index (χ2n) is 8.21. The average molecular weight is 462 g/mol. The number of carbonyl (C=O) groups excluding carboxylic acids is 1. The van der Waals surface area contributed by atoms with Crippen LogP contribution < -0.4 is 0 Å². The molecule has 34 heavy (non-hydrogen) atoms. The van der Waals surface area contributed by atoms with Crippen molar-refractivity contribution in [2.24, 2.45) is 0 Å². The Balaban J connectivity index is 1.39. The monoisotopic (exact) mass is 462 g/mol. The maximum atomic E-state index is 14.1. The van der Waals surface area contributed by atoms with Crippen LogP contribution in [0.4, 0.5) is 13.2 Å². The van der Waals surface area contributed by atoms with Crippen LogP contribution in [0, 0.1) is 17.5 Å². The Labute approximate surface area is 194 Å². The Bertz CT molecular complexity index is 1270. The van der Waals surface area contributed by atoms with E-state index in [0.29, 0.717) is 37.2 Å². The number of fused-ring (bicyclic) bond motifs is 1. The lowest BCUT2D eigenvalue weighted by molar-refractivity contribution is 0.0598. The SMILES string of the molecule is O=C(c1cc(F)cc2nccnc12)N1CCN(C(c2ccc(F)cc2)c2ccc(F)cc2)CC1. The number of piperazine rings is 1. The zero-order valence-electron chi connectivity index (χ0n) is 18.2. The second-order valence-corrected chi connectivity index (χ2v) is 8.21. The van der Waals surface area contributed by atoms with Crippen LogP contribution in [-0.2, 0) is 0 Å². The van der Waals surface area contributed by atoms with Gasteiger partial charge >= 0.3 is 0 Å². The van der Waals surface area contributed by atoms with Crippen molar-refractivity contribution < 1.29 is 18.0 Å². The third-order valence-electron chi connectivity index (χ3n) is 6.11. The molecule has 172 valence electrons. The minimum absolute atomic E-state index is 0.185. The van der Waals surface area contributed by atoms with E-state index in [0.717, 1.165) is 11.1 Å². The van der Waals surface area contributed by atoms with Crippen LogP contribution in [0.3, 0.4) is 0 Å². The van der Waals surface area contributed by atoms with E-state index < -0.39 is 5.82 Å². The summed E-state index contributed by atoms with van der Waals surface area (Å²) < 4.78 is 41.2. The lowest BCUT2D eigenvalue weighted by atomic mass is 9.96. The number of carbonyl (C=O) groups is 1. The van der Waals surface area contributed by atoms with E-state index >= 15 is 0 Å². The molecule has 4 aromatic rings. The summed E-state index contributed by atoms with van der Waals surface area (Å²) in [6.45, 7) is 1.89.